The standard InChI is InChI=1S/C16H23ClN2O/c1-5-16(2,3)11-19-12-7-6-8-13(20-4)15(12)18-14(19)9-10-17/h6-8H,5,9-11H2,1-4H3. The van der Waals surface area contributed by atoms with Crippen molar-refractivity contribution in [3.8, 4) is 5.75 Å². The predicted octanol–water partition coefficient (Wildman–Crippen LogP) is 4.26. The second kappa shape index (κ2) is 6.04. The average molecular weight is 295 g/mol. The highest BCUT2D eigenvalue weighted by atomic mass is 35.5. The van der Waals surface area contributed by atoms with Crippen LogP contribution >= 0.6 is 11.6 Å². The average Bonchev–Trinajstić information content (AvgIpc) is 2.77. The van der Waals surface area contributed by atoms with Gasteiger partial charge in [0.2, 0.25) is 0 Å². The molecular formula is C16H23ClN2O. The third-order valence-electron chi connectivity index (χ3n) is 3.90. The Labute approximate surface area is 125 Å². The van der Waals surface area contributed by atoms with Crippen LogP contribution in [0.15, 0.2) is 18.2 Å². The van der Waals surface area contributed by atoms with Gasteiger partial charge in [-0.05, 0) is 24.0 Å². The van der Waals surface area contributed by atoms with Crippen LogP contribution in [0, 0.1) is 5.41 Å². The third-order valence-corrected chi connectivity index (χ3v) is 4.09. The second-order valence-electron chi connectivity index (χ2n) is 5.90. The van der Waals surface area contributed by atoms with E-state index in [9.17, 15) is 0 Å². The van der Waals surface area contributed by atoms with Gasteiger partial charge in [0.15, 0.2) is 0 Å². The first-order valence-electron chi connectivity index (χ1n) is 7.10. The summed E-state index contributed by atoms with van der Waals surface area (Å²) in [7, 11) is 1.69. The summed E-state index contributed by atoms with van der Waals surface area (Å²) in [5, 5.41) is 0. The first kappa shape index (κ1) is 15.2. The Morgan fingerprint density at radius 1 is 1.35 bits per heavy atom. The molecule has 0 saturated carbocycles. The van der Waals surface area contributed by atoms with Crippen LogP contribution in [0.2, 0.25) is 0 Å². The van der Waals surface area contributed by atoms with Gasteiger partial charge in [0.05, 0.1) is 12.6 Å². The molecule has 0 aliphatic carbocycles. The Morgan fingerprint density at radius 2 is 2.10 bits per heavy atom. The Bertz CT molecular complexity index is 589. The molecule has 0 aliphatic heterocycles. The molecule has 2 aromatic rings. The van der Waals surface area contributed by atoms with Crippen molar-refractivity contribution in [1.82, 2.24) is 9.55 Å². The maximum atomic E-state index is 5.93. The van der Waals surface area contributed by atoms with Crippen LogP contribution in [0.3, 0.4) is 0 Å². The number of benzene rings is 1. The number of hydrogen-bond donors (Lipinski definition) is 0. The maximum absolute atomic E-state index is 5.93. The summed E-state index contributed by atoms with van der Waals surface area (Å²) in [4.78, 5) is 4.75. The lowest BCUT2D eigenvalue weighted by Gasteiger charge is -2.24. The molecule has 110 valence electrons. The molecule has 20 heavy (non-hydrogen) atoms. The Hall–Kier alpha value is -1.22. The number of para-hydroxylation sites is 1. The molecule has 0 N–H and O–H groups in total. The van der Waals surface area contributed by atoms with E-state index >= 15 is 0 Å². The molecule has 1 aromatic carbocycles. The van der Waals surface area contributed by atoms with Gasteiger partial charge in [-0.3, -0.25) is 0 Å². The lowest BCUT2D eigenvalue weighted by molar-refractivity contribution is 0.294. The summed E-state index contributed by atoms with van der Waals surface area (Å²) in [6.45, 7) is 7.73. The van der Waals surface area contributed by atoms with Gasteiger partial charge < -0.3 is 9.30 Å². The third kappa shape index (κ3) is 2.93. The van der Waals surface area contributed by atoms with Crippen molar-refractivity contribution < 1.29 is 4.74 Å². The first-order chi connectivity index (χ1) is 9.52. The second-order valence-corrected chi connectivity index (χ2v) is 6.28. The van der Waals surface area contributed by atoms with Crippen molar-refractivity contribution in [2.75, 3.05) is 13.0 Å². The Morgan fingerprint density at radius 3 is 2.70 bits per heavy atom. The molecule has 0 amide bonds. The van der Waals surface area contributed by atoms with Gasteiger partial charge in [0, 0.05) is 18.8 Å². The number of aromatic nitrogens is 2. The molecule has 0 aliphatic rings. The smallest absolute Gasteiger partial charge is 0.146 e. The van der Waals surface area contributed by atoms with E-state index in [1.165, 1.54) is 0 Å². The topological polar surface area (TPSA) is 27.1 Å². The largest absolute Gasteiger partial charge is 0.494 e. The molecule has 0 unspecified atom stereocenters. The van der Waals surface area contributed by atoms with Crippen molar-refractivity contribution in [1.29, 1.82) is 0 Å². The number of fused-ring (bicyclic) bond motifs is 1. The van der Waals surface area contributed by atoms with E-state index in [0.29, 0.717) is 5.88 Å². The van der Waals surface area contributed by atoms with Crippen molar-refractivity contribution in [2.24, 2.45) is 5.41 Å². The number of halogens is 1. The van der Waals surface area contributed by atoms with E-state index in [1.54, 1.807) is 7.11 Å². The van der Waals surface area contributed by atoms with Crippen LogP contribution in [-0.4, -0.2) is 22.5 Å². The minimum atomic E-state index is 0.234. The van der Waals surface area contributed by atoms with Gasteiger partial charge in [-0.1, -0.05) is 26.8 Å². The maximum Gasteiger partial charge on any atom is 0.146 e. The molecule has 0 fully saturated rings. The molecule has 0 atom stereocenters. The molecule has 0 spiro atoms. The fraction of sp³-hybridized carbons (Fsp3) is 0.562. The predicted molar refractivity (Wildman–Crippen MR) is 84.8 cm³/mol. The fourth-order valence-corrected chi connectivity index (χ4v) is 2.49. The van der Waals surface area contributed by atoms with Gasteiger partial charge in [0.25, 0.3) is 0 Å². The molecule has 4 heteroatoms. The van der Waals surface area contributed by atoms with Gasteiger partial charge in [0.1, 0.15) is 17.1 Å². The van der Waals surface area contributed by atoms with Crippen molar-refractivity contribution in [3.05, 3.63) is 24.0 Å². The summed E-state index contributed by atoms with van der Waals surface area (Å²) < 4.78 is 7.72. The van der Waals surface area contributed by atoms with E-state index in [4.69, 9.17) is 21.3 Å². The number of aryl methyl sites for hydroxylation is 1. The number of nitrogens with zero attached hydrogens (tertiary/aromatic N) is 2. The Balaban J connectivity index is 2.57. The zero-order valence-corrected chi connectivity index (χ0v) is 13.5. The lowest BCUT2D eigenvalue weighted by atomic mass is 9.90. The summed E-state index contributed by atoms with van der Waals surface area (Å²) in [5.74, 6) is 2.45. The van der Waals surface area contributed by atoms with Gasteiger partial charge >= 0.3 is 0 Å². The number of rotatable bonds is 6. The van der Waals surface area contributed by atoms with Crippen LogP contribution in [0.4, 0.5) is 0 Å². The molecule has 3 nitrogen and oxygen atoms in total. The number of hydrogen-bond acceptors (Lipinski definition) is 2. The molecule has 0 bridgehead atoms. The van der Waals surface area contributed by atoms with Crippen LogP contribution in [0.25, 0.3) is 11.0 Å². The van der Waals surface area contributed by atoms with Crippen LogP contribution in [-0.2, 0) is 13.0 Å². The van der Waals surface area contributed by atoms with E-state index in [1.807, 2.05) is 12.1 Å². The Kier molecular flexibility index (Phi) is 4.59. The quantitative estimate of drug-likeness (QED) is 0.744. The number of ether oxygens (including phenoxy) is 1. The summed E-state index contributed by atoms with van der Waals surface area (Å²) in [6.07, 6.45) is 1.90. The molecule has 0 radical (unpaired) electrons. The van der Waals surface area contributed by atoms with Crippen LogP contribution in [0.5, 0.6) is 5.75 Å². The molecule has 0 saturated heterocycles. The van der Waals surface area contributed by atoms with Crippen LogP contribution < -0.4 is 4.74 Å². The summed E-state index contributed by atoms with van der Waals surface area (Å²) >= 11 is 5.93. The summed E-state index contributed by atoms with van der Waals surface area (Å²) in [5.41, 5.74) is 2.30. The van der Waals surface area contributed by atoms with E-state index in [2.05, 4.69) is 31.4 Å². The summed E-state index contributed by atoms with van der Waals surface area (Å²) in [6, 6.07) is 6.08. The fourth-order valence-electron chi connectivity index (χ4n) is 2.33. The first-order valence-corrected chi connectivity index (χ1v) is 7.64. The zero-order valence-electron chi connectivity index (χ0n) is 12.7. The highest BCUT2D eigenvalue weighted by Crippen LogP contribution is 2.30. The van der Waals surface area contributed by atoms with Gasteiger partial charge in [-0.2, -0.15) is 0 Å². The van der Waals surface area contributed by atoms with Gasteiger partial charge in [-0.25, -0.2) is 4.98 Å². The van der Waals surface area contributed by atoms with Crippen LogP contribution in [0.1, 0.15) is 33.0 Å². The normalized spacial score (nSPS) is 12.1. The van der Waals surface area contributed by atoms with Gasteiger partial charge in [-0.15, -0.1) is 11.6 Å². The minimum absolute atomic E-state index is 0.234. The number of imidazole rings is 1. The highest BCUT2D eigenvalue weighted by molar-refractivity contribution is 6.17. The van der Waals surface area contributed by atoms with Crippen molar-refractivity contribution in [3.63, 3.8) is 0 Å². The highest BCUT2D eigenvalue weighted by Gasteiger charge is 2.21. The number of alkyl halides is 1. The number of methoxy groups -OCH3 is 1. The monoisotopic (exact) mass is 294 g/mol. The van der Waals surface area contributed by atoms with Crippen molar-refractivity contribution >= 4 is 22.6 Å². The van der Waals surface area contributed by atoms with Crippen molar-refractivity contribution in [2.45, 2.75) is 40.2 Å². The minimum Gasteiger partial charge on any atom is -0.494 e. The zero-order chi connectivity index (χ0) is 14.8. The lowest BCUT2D eigenvalue weighted by Crippen LogP contribution is -2.20. The molecule has 1 heterocycles. The molecular weight excluding hydrogens is 272 g/mol. The van der Waals surface area contributed by atoms with E-state index in [0.717, 1.165) is 42.0 Å². The molecule has 1 aromatic heterocycles. The van der Waals surface area contributed by atoms with E-state index in [-0.39, 0.29) is 5.41 Å². The van der Waals surface area contributed by atoms with E-state index < -0.39 is 0 Å². The SMILES string of the molecule is CCC(C)(C)Cn1c(CCCl)nc2c(OC)cccc21. The molecule has 2 rings (SSSR count).